The van der Waals surface area contributed by atoms with E-state index in [0.717, 1.165) is 12.8 Å². The van der Waals surface area contributed by atoms with Crippen molar-refractivity contribution in [3.8, 4) is 0 Å². The van der Waals surface area contributed by atoms with Crippen LogP contribution in [0.1, 0.15) is 38.5 Å². The first-order chi connectivity index (χ1) is 7.16. The van der Waals surface area contributed by atoms with Crippen LogP contribution in [0.25, 0.3) is 0 Å². The van der Waals surface area contributed by atoms with Gasteiger partial charge in [0.2, 0.25) is 0 Å². The number of nitrogens with one attached hydrogen (secondary N) is 1. The molecule has 0 aromatic carbocycles. The molecule has 2 aliphatic carbocycles. The molecular formula is C11H21NO2S. The van der Waals surface area contributed by atoms with Crippen molar-refractivity contribution in [2.75, 3.05) is 18.1 Å². The van der Waals surface area contributed by atoms with Crippen LogP contribution in [0.5, 0.6) is 0 Å². The molecule has 0 bridgehead atoms. The molecule has 0 aliphatic heterocycles. The van der Waals surface area contributed by atoms with Crippen LogP contribution in [-0.4, -0.2) is 32.5 Å². The number of sulfone groups is 1. The van der Waals surface area contributed by atoms with E-state index in [0.29, 0.717) is 30.0 Å². The van der Waals surface area contributed by atoms with E-state index in [1.54, 1.807) is 0 Å². The maximum absolute atomic E-state index is 11.6. The maximum atomic E-state index is 11.6. The van der Waals surface area contributed by atoms with Crippen LogP contribution in [0.3, 0.4) is 0 Å². The van der Waals surface area contributed by atoms with Crippen LogP contribution in [0.4, 0.5) is 0 Å². The van der Waals surface area contributed by atoms with Crippen LogP contribution in [0.2, 0.25) is 0 Å². The number of rotatable bonds is 6. The lowest BCUT2D eigenvalue weighted by Crippen LogP contribution is -2.31. The summed E-state index contributed by atoms with van der Waals surface area (Å²) in [6.45, 7) is 0.653. The van der Waals surface area contributed by atoms with Gasteiger partial charge in [-0.25, -0.2) is 8.42 Å². The van der Waals surface area contributed by atoms with E-state index < -0.39 is 9.84 Å². The van der Waals surface area contributed by atoms with E-state index in [1.165, 1.54) is 25.7 Å². The number of hydrogen-bond donors (Lipinski definition) is 1. The van der Waals surface area contributed by atoms with Gasteiger partial charge in [-0.2, -0.15) is 0 Å². The van der Waals surface area contributed by atoms with Gasteiger partial charge in [0.25, 0.3) is 0 Å². The Hall–Kier alpha value is -0.0900. The summed E-state index contributed by atoms with van der Waals surface area (Å²) in [4.78, 5) is 0. The Morgan fingerprint density at radius 2 is 1.73 bits per heavy atom. The van der Waals surface area contributed by atoms with Gasteiger partial charge in [0, 0.05) is 12.6 Å². The highest BCUT2D eigenvalue weighted by Gasteiger charge is 2.27. The first-order valence-corrected chi connectivity index (χ1v) is 7.92. The molecule has 2 saturated carbocycles. The molecule has 3 nitrogen and oxygen atoms in total. The molecule has 0 atom stereocenters. The van der Waals surface area contributed by atoms with Crippen molar-refractivity contribution >= 4 is 9.84 Å². The zero-order valence-electron chi connectivity index (χ0n) is 9.24. The largest absolute Gasteiger partial charge is 0.313 e. The molecule has 2 aliphatic rings. The lowest BCUT2D eigenvalue weighted by Gasteiger charge is -2.11. The molecule has 0 aromatic heterocycles. The summed E-state index contributed by atoms with van der Waals surface area (Å²) < 4.78 is 23.2. The first-order valence-electron chi connectivity index (χ1n) is 6.09. The molecule has 2 rings (SSSR count). The SMILES string of the molecule is O=S(=O)(CCNC1CCCC1)CC1CC1. The lowest BCUT2D eigenvalue weighted by atomic mass is 10.2. The fourth-order valence-corrected chi connectivity index (χ4v) is 3.92. The van der Waals surface area contributed by atoms with Crippen molar-refractivity contribution in [1.29, 1.82) is 0 Å². The molecule has 1 N–H and O–H groups in total. The van der Waals surface area contributed by atoms with Gasteiger partial charge in [-0.1, -0.05) is 12.8 Å². The van der Waals surface area contributed by atoms with Crippen molar-refractivity contribution in [2.45, 2.75) is 44.6 Å². The molecule has 0 amide bonds. The monoisotopic (exact) mass is 231 g/mol. The Morgan fingerprint density at radius 1 is 1.07 bits per heavy atom. The molecular weight excluding hydrogens is 210 g/mol. The van der Waals surface area contributed by atoms with Crippen molar-refractivity contribution in [2.24, 2.45) is 5.92 Å². The van der Waals surface area contributed by atoms with Crippen LogP contribution in [0.15, 0.2) is 0 Å². The predicted octanol–water partition coefficient (Wildman–Crippen LogP) is 1.34. The zero-order valence-corrected chi connectivity index (χ0v) is 10.1. The Balaban J connectivity index is 1.63. The summed E-state index contributed by atoms with van der Waals surface area (Å²) in [5, 5.41) is 3.35. The summed E-state index contributed by atoms with van der Waals surface area (Å²) in [6, 6.07) is 0.584. The van der Waals surface area contributed by atoms with Crippen molar-refractivity contribution in [3.63, 3.8) is 0 Å². The lowest BCUT2D eigenvalue weighted by molar-refractivity contribution is 0.535. The molecule has 88 valence electrons. The molecule has 4 heteroatoms. The van der Waals surface area contributed by atoms with Crippen LogP contribution in [0, 0.1) is 5.92 Å². The second-order valence-electron chi connectivity index (χ2n) is 4.99. The summed E-state index contributed by atoms with van der Waals surface area (Å²) in [5.74, 6) is 1.25. The molecule has 0 saturated heterocycles. The van der Waals surface area contributed by atoms with Gasteiger partial charge >= 0.3 is 0 Å². The third-order valence-electron chi connectivity index (χ3n) is 3.39. The van der Waals surface area contributed by atoms with Crippen molar-refractivity contribution in [3.05, 3.63) is 0 Å². The van der Waals surface area contributed by atoms with Gasteiger partial charge < -0.3 is 5.32 Å². The smallest absolute Gasteiger partial charge is 0.151 e. The first kappa shape index (κ1) is 11.4. The summed E-state index contributed by atoms with van der Waals surface area (Å²) in [5.41, 5.74) is 0. The molecule has 0 unspecified atom stereocenters. The normalized spacial score (nSPS) is 23.5. The van der Waals surface area contributed by atoms with Crippen LogP contribution in [-0.2, 0) is 9.84 Å². The minimum Gasteiger partial charge on any atom is -0.313 e. The summed E-state index contributed by atoms with van der Waals surface area (Å²) in [6.07, 6.45) is 7.29. The molecule has 0 spiro atoms. The minimum absolute atomic E-state index is 0.333. The molecule has 2 fully saturated rings. The van der Waals surface area contributed by atoms with E-state index in [-0.39, 0.29) is 0 Å². The van der Waals surface area contributed by atoms with E-state index >= 15 is 0 Å². The molecule has 0 aromatic rings. The van der Waals surface area contributed by atoms with E-state index in [1.807, 2.05) is 0 Å². The Bertz CT molecular complexity index is 290. The Kier molecular flexibility index (Phi) is 3.67. The fourth-order valence-electron chi connectivity index (χ4n) is 2.28. The van der Waals surface area contributed by atoms with Gasteiger partial charge in [0.1, 0.15) is 0 Å². The average Bonchev–Trinajstić information content (AvgIpc) is 2.81. The van der Waals surface area contributed by atoms with Crippen LogP contribution >= 0.6 is 0 Å². The van der Waals surface area contributed by atoms with Crippen LogP contribution < -0.4 is 5.32 Å². The van der Waals surface area contributed by atoms with Gasteiger partial charge in [-0.05, 0) is 31.6 Å². The van der Waals surface area contributed by atoms with Crippen molar-refractivity contribution in [1.82, 2.24) is 5.32 Å². The molecule has 0 heterocycles. The minimum atomic E-state index is -2.77. The quantitative estimate of drug-likeness (QED) is 0.750. The van der Waals surface area contributed by atoms with Crippen molar-refractivity contribution < 1.29 is 8.42 Å². The zero-order chi connectivity index (χ0) is 10.7. The Labute approximate surface area is 92.6 Å². The third-order valence-corrected chi connectivity index (χ3v) is 5.19. The Morgan fingerprint density at radius 3 is 2.33 bits per heavy atom. The standard InChI is InChI=1S/C11H21NO2S/c13-15(14,9-10-5-6-10)8-7-12-11-3-1-2-4-11/h10-12H,1-9H2. The number of hydrogen-bond acceptors (Lipinski definition) is 3. The summed E-state index contributed by atoms with van der Waals surface area (Å²) in [7, 11) is -2.77. The highest BCUT2D eigenvalue weighted by molar-refractivity contribution is 7.91. The van der Waals surface area contributed by atoms with E-state index in [9.17, 15) is 8.42 Å². The average molecular weight is 231 g/mol. The van der Waals surface area contributed by atoms with Gasteiger partial charge in [0.15, 0.2) is 9.84 Å². The second-order valence-corrected chi connectivity index (χ2v) is 7.22. The van der Waals surface area contributed by atoms with E-state index in [2.05, 4.69) is 5.32 Å². The molecule has 0 radical (unpaired) electrons. The highest BCUT2D eigenvalue weighted by Crippen LogP contribution is 2.30. The van der Waals surface area contributed by atoms with Gasteiger partial charge in [-0.15, -0.1) is 0 Å². The predicted molar refractivity (Wildman–Crippen MR) is 61.6 cm³/mol. The maximum Gasteiger partial charge on any atom is 0.151 e. The van der Waals surface area contributed by atoms with Gasteiger partial charge in [-0.3, -0.25) is 0 Å². The fraction of sp³-hybridized carbons (Fsp3) is 1.00. The second kappa shape index (κ2) is 4.83. The topological polar surface area (TPSA) is 46.2 Å². The third kappa shape index (κ3) is 4.11. The molecule has 15 heavy (non-hydrogen) atoms. The van der Waals surface area contributed by atoms with E-state index in [4.69, 9.17) is 0 Å². The highest BCUT2D eigenvalue weighted by atomic mass is 32.2. The summed E-state index contributed by atoms with van der Waals surface area (Å²) >= 11 is 0. The van der Waals surface area contributed by atoms with Gasteiger partial charge in [0.05, 0.1) is 11.5 Å².